The van der Waals surface area contributed by atoms with Gasteiger partial charge in [0.2, 0.25) is 0 Å². The van der Waals surface area contributed by atoms with Crippen molar-refractivity contribution < 1.29 is 9.53 Å². The molecule has 0 fully saturated rings. The first-order valence-electron chi connectivity index (χ1n) is 7.27. The minimum Gasteiger partial charge on any atom is -0.466 e. The van der Waals surface area contributed by atoms with Crippen molar-refractivity contribution in [2.24, 2.45) is 5.73 Å². The lowest BCUT2D eigenvalue weighted by atomic mass is 10.1. The summed E-state index contributed by atoms with van der Waals surface area (Å²) in [6, 6.07) is 0. The minimum atomic E-state index is -0.0558. The van der Waals surface area contributed by atoms with Crippen LogP contribution in [0.2, 0.25) is 0 Å². The average Bonchev–Trinajstić information content (AvgIpc) is 2.37. The molecule has 0 aliphatic carbocycles. The maximum absolute atomic E-state index is 11.3. The number of carbonyl (C=O) groups is 1. The quantitative estimate of drug-likeness (QED) is 0.308. The molecule has 2 N–H and O–H groups in total. The third-order valence-electron chi connectivity index (χ3n) is 2.90. The van der Waals surface area contributed by atoms with Crippen LogP contribution in [0.4, 0.5) is 0 Å². The van der Waals surface area contributed by atoms with Crippen molar-refractivity contribution in [3.8, 4) is 0 Å². The Balaban J connectivity index is 3.08. The van der Waals surface area contributed by atoms with Crippen LogP contribution < -0.4 is 5.73 Å². The summed E-state index contributed by atoms with van der Waals surface area (Å²) in [5.74, 6) is 0.719. The summed E-state index contributed by atoms with van der Waals surface area (Å²) in [5.41, 5.74) is 5.43. The molecule has 0 aliphatic rings. The zero-order chi connectivity index (χ0) is 13.5. The van der Waals surface area contributed by atoms with Crippen molar-refractivity contribution in [3.63, 3.8) is 0 Å². The second-order valence-corrected chi connectivity index (χ2v) is 5.11. The van der Waals surface area contributed by atoms with Gasteiger partial charge in [0.1, 0.15) is 0 Å². The molecule has 0 radical (unpaired) electrons. The van der Waals surface area contributed by atoms with E-state index in [9.17, 15) is 4.79 Å². The van der Waals surface area contributed by atoms with Gasteiger partial charge in [-0.05, 0) is 31.6 Å². The third-order valence-corrected chi connectivity index (χ3v) is 3.22. The number of unbranched alkanes of at least 4 members (excludes halogenated alkanes) is 7. The van der Waals surface area contributed by atoms with E-state index in [-0.39, 0.29) is 5.97 Å². The van der Waals surface area contributed by atoms with Gasteiger partial charge in [-0.2, -0.15) is 12.6 Å². The van der Waals surface area contributed by atoms with Crippen LogP contribution in [0.25, 0.3) is 0 Å². The molecule has 0 spiro atoms. The lowest BCUT2D eigenvalue weighted by molar-refractivity contribution is -0.143. The molecule has 0 aromatic heterocycles. The summed E-state index contributed by atoms with van der Waals surface area (Å²) >= 11 is 4.06. The van der Waals surface area contributed by atoms with Crippen LogP contribution in [-0.4, -0.2) is 24.9 Å². The molecule has 0 saturated heterocycles. The van der Waals surface area contributed by atoms with Crippen molar-refractivity contribution in [3.05, 3.63) is 0 Å². The molecular formula is C14H29NO2S. The summed E-state index contributed by atoms with van der Waals surface area (Å²) in [6.45, 7) is 1.33. The van der Waals surface area contributed by atoms with E-state index in [4.69, 9.17) is 10.5 Å². The molecular weight excluding hydrogens is 246 g/mol. The second kappa shape index (κ2) is 14.8. The number of carbonyl (C=O) groups excluding carboxylic acids is 1. The Bertz CT molecular complexity index is 189. The molecule has 0 aromatic carbocycles. The number of esters is 1. The molecule has 0 rings (SSSR count). The average molecular weight is 275 g/mol. The highest BCUT2D eigenvalue weighted by molar-refractivity contribution is 7.80. The summed E-state index contributed by atoms with van der Waals surface area (Å²) in [5, 5.41) is 0. The van der Waals surface area contributed by atoms with Crippen molar-refractivity contribution >= 4 is 18.6 Å². The van der Waals surface area contributed by atoms with Crippen LogP contribution in [0.1, 0.15) is 64.2 Å². The standard InChI is InChI=1S/C14H29NO2S/c15-11-8-6-4-2-1-3-5-7-10-14(16)17-12-9-13-18/h18H,1-13,15H2. The summed E-state index contributed by atoms with van der Waals surface area (Å²) in [7, 11) is 0. The van der Waals surface area contributed by atoms with Crippen LogP contribution in [0.5, 0.6) is 0 Å². The molecule has 0 unspecified atom stereocenters. The third kappa shape index (κ3) is 13.8. The maximum atomic E-state index is 11.3. The zero-order valence-electron chi connectivity index (χ0n) is 11.5. The largest absolute Gasteiger partial charge is 0.466 e. The van der Waals surface area contributed by atoms with E-state index >= 15 is 0 Å². The van der Waals surface area contributed by atoms with Gasteiger partial charge < -0.3 is 10.5 Å². The van der Waals surface area contributed by atoms with Gasteiger partial charge in [0.25, 0.3) is 0 Å². The highest BCUT2D eigenvalue weighted by atomic mass is 32.1. The van der Waals surface area contributed by atoms with Gasteiger partial charge in [-0.3, -0.25) is 4.79 Å². The van der Waals surface area contributed by atoms with Gasteiger partial charge in [-0.1, -0.05) is 38.5 Å². The van der Waals surface area contributed by atoms with E-state index in [2.05, 4.69) is 12.6 Å². The van der Waals surface area contributed by atoms with E-state index in [1.807, 2.05) is 0 Å². The first-order chi connectivity index (χ1) is 8.81. The van der Waals surface area contributed by atoms with Gasteiger partial charge in [0, 0.05) is 6.42 Å². The van der Waals surface area contributed by atoms with Crippen LogP contribution in [0, 0.1) is 0 Å². The molecule has 0 heterocycles. The molecule has 3 nitrogen and oxygen atoms in total. The number of hydrogen-bond acceptors (Lipinski definition) is 4. The Labute approximate surface area is 117 Å². The first kappa shape index (κ1) is 17.8. The van der Waals surface area contributed by atoms with Gasteiger partial charge >= 0.3 is 5.97 Å². The van der Waals surface area contributed by atoms with Crippen molar-refractivity contribution in [1.82, 2.24) is 0 Å². The zero-order valence-corrected chi connectivity index (χ0v) is 12.4. The van der Waals surface area contributed by atoms with Crippen LogP contribution in [0.15, 0.2) is 0 Å². The van der Waals surface area contributed by atoms with Gasteiger partial charge in [0.05, 0.1) is 6.61 Å². The molecule has 0 saturated carbocycles. The summed E-state index contributed by atoms with van der Waals surface area (Å²) < 4.78 is 5.05. The number of thiol groups is 1. The Hall–Kier alpha value is -0.220. The Morgan fingerprint density at radius 2 is 1.44 bits per heavy atom. The molecule has 0 amide bonds. The first-order valence-corrected chi connectivity index (χ1v) is 7.91. The molecule has 108 valence electrons. The van der Waals surface area contributed by atoms with Crippen molar-refractivity contribution in [2.75, 3.05) is 18.9 Å². The predicted molar refractivity (Wildman–Crippen MR) is 80.0 cm³/mol. The predicted octanol–water partition coefficient (Wildman–Crippen LogP) is 3.32. The lowest BCUT2D eigenvalue weighted by Crippen LogP contribution is -2.05. The Kier molecular flexibility index (Phi) is 14.7. The van der Waals surface area contributed by atoms with Gasteiger partial charge in [-0.25, -0.2) is 0 Å². The van der Waals surface area contributed by atoms with Crippen LogP contribution >= 0.6 is 12.6 Å². The normalized spacial score (nSPS) is 10.6. The van der Waals surface area contributed by atoms with E-state index in [0.29, 0.717) is 13.0 Å². The molecule has 0 bridgehead atoms. The van der Waals surface area contributed by atoms with Crippen molar-refractivity contribution in [2.45, 2.75) is 64.2 Å². The van der Waals surface area contributed by atoms with E-state index in [0.717, 1.165) is 38.0 Å². The van der Waals surface area contributed by atoms with E-state index in [1.165, 1.54) is 32.1 Å². The van der Waals surface area contributed by atoms with Crippen molar-refractivity contribution in [1.29, 1.82) is 0 Å². The molecule has 0 aliphatic heterocycles. The summed E-state index contributed by atoms with van der Waals surface area (Å²) in [4.78, 5) is 11.3. The van der Waals surface area contributed by atoms with Gasteiger partial charge in [0.15, 0.2) is 0 Å². The molecule has 0 aromatic rings. The highest BCUT2D eigenvalue weighted by Crippen LogP contribution is 2.09. The highest BCUT2D eigenvalue weighted by Gasteiger charge is 2.01. The van der Waals surface area contributed by atoms with Gasteiger partial charge in [-0.15, -0.1) is 0 Å². The van der Waals surface area contributed by atoms with E-state index < -0.39 is 0 Å². The van der Waals surface area contributed by atoms with E-state index in [1.54, 1.807) is 0 Å². The second-order valence-electron chi connectivity index (χ2n) is 4.66. The van der Waals surface area contributed by atoms with Crippen LogP contribution in [-0.2, 0) is 9.53 Å². The lowest BCUT2D eigenvalue weighted by Gasteiger charge is -2.04. The number of rotatable bonds is 13. The molecule has 0 atom stereocenters. The Morgan fingerprint density at radius 1 is 0.889 bits per heavy atom. The number of hydrogen-bond donors (Lipinski definition) is 2. The van der Waals surface area contributed by atoms with Crippen LogP contribution in [0.3, 0.4) is 0 Å². The molecule has 4 heteroatoms. The number of nitrogens with two attached hydrogens (primary N) is 1. The SMILES string of the molecule is NCCCCCCCCCCC(=O)OCCCS. The maximum Gasteiger partial charge on any atom is 0.305 e. The molecule has 18 heavy (non-hydrogen) atoms. The number of ether oxygens (including phenoxy) is 1. The monoisotopic (exact) mass is 275 g/mol. The summed E-state index contributed by atoms with van der Waals surface area (Å²) in [6.07, 6.45) is 11.0. The topological polar surface area (TPSA) is 52.3 Å². The minimum absolute atomic E-state index is 0.0558. The fourth-order valence-electron chi connectivity index (χ4n) is 1.80. The fraction of sp³-hybridized carbons (Fsp3) is 0.929. The smallest absolute Gasteiger partial charge is 0.305 e. The Morgan fingerprint density at radius 3 is 2.00 bits per heavy atom. The fourth-order valence-corrected chi connectivity index (χ4v) is 1.93.